The first-order chi connectivity index (χ1) is 15.9. The zero-order valence-corrected chi connectivity index (χ0v) is 19.1. The quantitative estimate of drug-likeness (QED) is 0.408. The van der Waals surface area contributed by atoms with E-state index < -0.39 is 11.9 Å². The van der Waals surface area contributed by atoms with E-state index in [0.29, 0.717) is 23.5 Å². The second-order valence-corrected chi connectivity index (χ2v) is 8.74. The van der Waals surface area contributed by atoms with Crippen LogP contribution < -0.4 is 5.32 Å². The molecule has 166 valence electrons. The number of amides is 1. The van der Waals surface area contributed by atoms with Crippen molar-refractivity contribution in [3.8, 4) is 6.07 Å². The third-order valence-electron chi connectivity index (χ3n) is 5.12. The van der Waals surface area contributed by atoms with Gasteiger partial charge in [-0.1, -0.05) is 42.0 Å². The first kappa shape index (κ1) is 22.2. The maximum Gasteiger partial charge on any atom is 0.348 e. The van der Waals surface area contributed by atoms with Gasteiger partial charge in [-0.15, -0.1) is 11.3 Å². The molecule has 0 bridgehead atoms. The topological polar surface area (TPSA) is 97.0 Å². The Morgan fingerprint density at radius 1 is 1.09 bits per heavy atom. The molecule has 8 heteroatoms. The van der Waals surface area contributed by atoms with Crippen molar-refractivity contribution in [3.05, 3.63) is 81.9 Å². The van der Waals surface area contributed by atoms with E-state index in [-0.39, 0.29) is 6.61 Å². The second-order valence-electron chi connectivity index (χ2n) is 7.71. The van der Waals surface area contributed by atoms with Crippen LogP contribution in [0.3, 0.4) is 0 Å². The van der Waals surface area contributed by atoms with E-state index in [0.717, 1.165) is 27.0 Å². The summed E-state index contributed by atoms with van der Waals surface area (Å²) in [5.74, 6) is -0.976. The van der Waals surface area contributed by atoms with Crippen LogP contribution >= 0.6 is 11.3 Å². The van der Waals surface area contributed by atoms with E-state index in [1.165, 1.54) is 16.9 Å². The average Bonchev–Trinajstić information content (AvgIpc) is 3.36. The Kier molecular flexibility index (Phi) is 6.52. The molecule has 4 aromatic rings. The number of aryl methyl sites for hydroxylation is 2. The van der Waals surface area contributed by atoms with E-state index in [1.54, 1.807) is 30.3 Å². The number of benzene rings is 2. The number of thiophene rings is 1. The summed E-state index contributed by atoms with van der Waals surface area (Å²) in [5, 5.41) is 16.9. The van der Waals surface area contributed by atoms with Crippen molar-refractivity contribution in [2.24, 2.45) is 0 Å². The molecule has 33 heavy (non-hydrogen) atoms. The summed E-state index contributed by atoms with van der Waals surface area (Å²) >= 11 is 1.30. The van der Waals surface area contributed by atoms with Gasteiger partial charge in [-0.05, 0) is 43.2 Å². The lowest BCUT2D eigenvalue weighted by Gasteiger charge is -2.06. The molecule has 0 radical (unpaired) electrons. The predicted octanol–water partition coefficient (Wildman–Crippen LogP) is 4.62. The first-order valence-electron chi connectivity index (χ1n) is 10.4. The molecule has 0 fully saturated rings. The van der Waals surface area contributed by atoms with Gasteiger partial charge >= 0.3 is 5.97 Å². The predicted molar refractivity (Wildman–Crippen MR) is 127 cm³/mol. The number of esters is 1. The van der Waals surface area contributed by atoms with Gasteiger partial charge in [-0.3, -0.25) is 9.48 Å². The summed E-state index contributed by atoms with van der Waals surface area (Å²) in [5.41, 5.74) is 4.60. The van der Waals surface area contributed by atoms with Gasteiger partial charge in [-0.2, -0.15) is 10.4 Å². The smallest absolute Gasteiger partial charge is 0.348 e. The summed E-state index contributed by atoms with van der Waals surface area (Å²) in [6.07, 6.45) is 0.309. The highest BCUT2D eigenvalue weighted by Gasteiger charge is 2.18. The van der Waals surface area contributed by atoms with Crippen molar-refractivity contribution in [1.82, 2.24) is 9.78 Å². The number of anilines is 1. The minimum absolute atomic E-state index is 0.309. The molecule has 2 aromatic carbocycles. The van der Waals surface area contributed by atoms with E-state index in [1.807, 2.05) is 18.5 Å². The standard InChI is InChI=1S/C25H22N4O3S/c1-16-3-5-19(6-4-16)14-29-24-21(17(2)28-29)13-22(33-24)25(31)32-15-23(30)27-20-9-7-18(8-10-20)11-12-26/h3-10,13H,11,14-15H2,1-2H3,(H,27,30). The lowest BCUT2D eigenvalue weighted by molar-refractivity contribution is -0.119. The van der Waals surface area contributed by atoms with Gasteiger partial charge in [0.05, 0.1) is 24.7 Å². The molecule has 0 aliphatic heterocycles. The van der Waals surface area contributed by atoms with Crippen LogP contribution in [-0.4, -0.2) is 28.3 Å². The van der Waals surface area contributed by atoms with E-state index in [2.05, 4.69) is 40.8 Å². The van der Waals surface area contributed by atoms with Crippen LogP contribution in [-0.2, 0) is 22.5 Å². The van der Waals surface area contributed by atoms with Crippen LogP contribution in [0.5, 0.6) is 0 Å². The molecule has 1 amide bonds. The molecule has 4 rings (SSSR count). The van der Waals surface area contributed by atoms with Crippen molar-refractivity contribution in [1.29, 1.82) is 5.26 Å². The Balaban J connectivity index is 1.39. The molecule has 0 spiro atoms. The van der Waals surface area contributed by atoms with Gasteiger partial charge in [0.15, 0.2) is 6.61 Å². The number of nitrogens with one attached hydrogen (secondary N) is 1. The third-order valence-corrected chi connectivity index (χ3v) is 6.25. The summed E-state index contributed by atoms with van der Waals surface area (Å²) in [4.78, 5) is 26.0. The van der Waals surface area contributed by atoms with Crippen LogP contribution in [0, 0.1) is 25.2 Å². The highest BCUT2D eigenvalue weighted by molar-refractivity contribution is 7.20. The van der Waals surface area contributed by atoms with Gasteiger partial charge in [0, 0.05) is 11.1 Å². The molecule has 0 aliphatic carbocycles. The maximum absolute atomic E-state index is 12.6. The number of aromatic nitrogens is 2. The van der Waals surface area contributed by atoms with Gasteiger partial charge < -0.3 is 10.1 Å². The van der Waals surface area contributed by atoms with E-state index in [9.17, 15) is 9.59 Å². The molecule has 0 saturated heterocycles. The Labute approximate surface area is 195 Å². The number of fused-ring (bicyclic) bond motifs is 1. The lowest BCUT2D eigenvalue weighted by atomic mass is 10.1. The van der Waals surface area contributed by atoms with E-state index in [4.69, 9.17) is 10.00 Å². The normalized spacial score (nSPS) is 10.7. The second kappa shape index (κ2) is 9.67. The SMILES string of the molecule is Cc1ccc(Cn2nc(C)c3cc(C(=O)OCC(=O)Nc4ccc(CC#N)cc4)sc32)cc1. The minimum Gasteiger partial charge on any atom is -0.451 e. The summed E-state index contributed by atoms with van der Waals surface area (Å²) < 4.78 is 7.11. The van der Waals surface area contributed by atoms with Crippen LogP contribution in [0.1, 0.15) is 32.1 Å². The monoisotopic (exact) mass is 458 g/mol. The van der Waals surface area contributed by atoms with Gasteiger partial charge in [0.25, 0.3) is 5.91 Å². The van der Waals surface area contributed by atoms with Crippen LogP contribution in [0.2, 0.25) is 0 Å². The molecular formula is C25H22N4O3S. The molecule has 0 saturated carbocycles. The minimum atomic E-state index is -0.544. The Bertz CT molecular complexity index is 1350. The molecular weight excluding hydrogens is 436 g/mol. The summed E-state index contributed by atoms with van der Waals surface area (Å²) in [7, 11) is 0. The van der Waals surface area contributed by atoms with Gasteiger partial charge in [0.2, 0.25) is 0 Å². The van der Waals surface area contributed by atoms with Crippen molar-refractivity contribution in [3.63, 3.8) is 0 Å². The number of rotatable bonds is 7. The molecule has 7 nitrogen and oxygen atoms in total. The van der Waals surface area contributed by atoms with Crippen molar-refractivity contribution in [2.45, 2.75) is 26.8 Å². The Morgan fingerprint density at radius 2 is 1.79 bits per heavy atom. The fraction of sp³-hybridized carbons (Fsp3) is 0.200. The number of hydrogen-bond acceptors (Lipinski definition) is 6. The summed E-state index contributed by atoms with van der Waals surface area (Å²) in [6.45, 7) is 4.17. The zero-order valence-electron chi connectivity index (χ0n) is 18.3. The molecule has 2 heterocycles. The van der Waals surface area contributed by atoms with Crippen LogP contribution in [0.15, 0.2) is 54.6 Å². The third kappa shape index (κ3) is 5.27. The number of nitriles is 1. The van der Waals surface area contributed by atoms with Crippen molar-refractivity contribution in [2.75, 3.05) is 11.9 Å². The van der Waals surface area contributed by atoms with Crippen LogP contribution in [0.25, 0.3) is 10.2 Å². The largest absolute Gasteiger partial charge is 0.451 e. The average molecular weight is 459 g/mol. The molecule has 1 N–H and O–H groups in total. The van der Waals surface area contributed by atoms with E-state index >= 15 is 0 Å². The molecule has 2 aromatic heterocycles. The number of carbonyl (C=O) groups excluding carboxylic acids is 2. The summed E-state index contributed by atoms with van der Waals surface area (Å²) in [6, 6.07) is 19.0. The van der Waals surface area contributed by atoms with Gasteiger partial charge in [-0.25, -0.2) is 4.79 Å². The van der Waals surface area contributed by atoms with Crippen molar-refractivity contribution < 1.29 is 14.3 Å². The zero-order chi connectivity index (χ0) is 23.4. The first-order valence-corrected chi connectivity index (χ1v) is 11.2. The fourth-order valence-electron chi connectivity index (χ4n) is 3.38. The number of ether oxygens (including phenoxy) is 1. The highest BCUT2D eigenvalue weighted by Crippen LogP contribution is 2.29. The Hall–Kier alpha value is -3.96. The number of carbonyl (C=O) groups is 2. The molecule has 0 unspecified atom stereocenters. The van der Waals surface area contributed by atoms with Crippen molar-refractivity contribution >= 4 is 39.1 Å². The molecule has 0 atom stereocenters. The highest BCUT2D eigenvalue weighted by atomic mass is 32.1. The maximum atomic E-state index is 12.6. The number of nitrogens with zero attached hydrogens (tertiary/aromatic N) is 3. The van der Waals surface area contributed by atoms with Gasteiger partial charge in [0.1, 0.15) is 9.71 Å². The molecule has 0 aliphatic rings. The number of hydrogen-bond donors (Lipinski definition) is 1. The fourth-order valence-corrected chi connectivity index (χ4v) is 4.44. The van der Waals surface area contributed by atoms with Crippen LogP contribution in [0.4, 0.5) is 5.69 Å². The lowest BCUT2D eigenvalue weighted by Crippen LogP contribution is -2.20. The Morgan fingerprint density at radius 3 is 2.48 bits per heavy atom.